The molecular formula is C28H22F4N4O2. The molecule has 1 aliphatic heterocycles. The van der Waals surface area contributed by atoms with Crippen molar-refractivity contribution in [3.8, 4) is 22.8 Å². The van der Waals surface area contributed by atoms with Crippen LogP contribution in [0.15, 0.2) is 85.1 Å². The fourth-order valence-corrected chi connectivity index (χ4v) is 4.15. The first-order valence-corrected chi connectivity index (χ1v) is 11.9. The second-order valence-electron chi connectivity index (χ2n) is 8.65. The first kappa shape index (κ1) is 25.2. The molecule has 10 heteroatoms. The molecular weight excluding hydrogens is 500 g/mol. The standard InChI is InChI=1S/C28H22F4N4O2/c29-24-18-20(8-11-23(24)28(30,31)32)26(37)35-14-16-36(17-15-35)27-33-13-12-25(34-27)19-6-9-22(10-7-19)38-21-4-2-1-3-5-21/h1-13,18H,14-17H2. The molecule has 3 aromatic carbocycles. The molecule has 2 heterocycles. The van der Waals surface area contributed by atoms with E-state index in [2.05, 4.69) is 9.97 Å². The van der Waals surface area contributed by atoms with E-state index in [4.69, 9.17) is 4.74 Å². The first-order chi connectivity index (χ1) is 18.3. The number of benzene rings is 3. The topological polar surface area (TPSA) is 58.6 Å². The maximum atomic E-state index is 13.9. The Morgan fingerprint density at radius 3 is 2.18 bits per heavy atom. The average Bonchev–Trinajstić information content (AvgIpc) is 2.93. The predicted molar refractivity (Wildman–Crippen MR) is 134 cm³/mol. The second kappa shape index (κ2) is 10.5. The van der Waals surface area contributed by atoms with E-state index in [1.807, 2.05) is 59.5 Å². The van der Waals surface area contributed by atoms with Crippen LogP contribution in [-0.2, 0) is 6.18 Å². The number of alkyl halides is 3. The van der Waals surface area contributed by atoms with Crippen LogP contribution in [0.5, 0.6) is 11.5 Å². The number of anilines is 1. The molecule has 1 aromatic heterocycles. The number of aromatic nitrogens is 2. The van der Waals surface area contributed by atoms with E-state index < -0.39 is 23.5 Å². The molecule has 0 spiro atoms. The highest BCUT2D eigenvalue weighted by atomic mass is 19.4. The van der Waals surface area contributed by atoms with Gasteiger partial charge in [-0.25, -0.2) is 14.4 Å². The Kier molecular flexibility index (Phi) is 6.95. The molecule has 5 rings (SSSR count). The van der Waals surface area contributed by atoms with Crippen molar-refractivity contribution in [1.82, 2.24) is 14.9 Å². The van der Waals surface area contributed by atoms with E-state index in [9.17, 15) is 22.4 Å². The van der Waals surface area contributed by atoms with Gasteiger partial charge < -0.3 is 14.5 Å². The van der Waals surface area contributed by atoms with Gasteiger partial charge in [0, 0.05) is 43.5 Å². The highest BCUT2D eigenvalue weighted by Gasteiger charge is 2.34. The summed E-state index contributed by atoms with van der Waals surface area (Å²) in [6.45, 7) is 1.42. The second-order valence-corrected chi connectivity index (χ2v) is 8.65. The van der Waals surface area contributed by atoms with Gasteiger partial charge in [0.15, 0.2) is 0 Å². The molecule has 0 N–H and O–H groups in total. The van der Waals surface area contributed by atoms with Crippen LogP contribution >= 0.6 is 0 Å². The van der Waals surface area contributed by atoms with Crippen molar-refractivity contribution in [2.45, 2.75) is 6.18 Å². The zero-order valence-electron chi connectivity index (χ0n) is 20.0. The van der Waals surface area contributed by atoms with Gasteiger partial charge in [-0.2, -0.15) is 13.2 Å². The van der Waals surface area contributed by atoms with E-state index in [-0.39, 0.29) is 5.56 Å². The number of ether oxygens (including phenoxy) is 1. The Labute approximate surface area is 216 Å². The minimum absolute atomic E-state index is 0.123. The molecule has 0 radical (unpaired) electrons. The van der Waals surface area contributed by atoms with Crippen LogP contribution in [0.1, 0.15) is 15.9 Å². The van der Waals surface area contributed by atoms with Crippen LogP contribution in [0.2, 0.25) is 0 Å². The summed E-state index contributed by atoms with van der Waals surface area (Å²) < 4.78 is 58.2. The summed E-state index contributed by atoms with van der Waals surface area (Å²) >= 11 is 0. The summed E-state index contributed by atoms with van der Waals surface area (Å²) in [7, 11) is 0. The van der Waals surface area contributed by atoms with Crippen LogP contribution in [0.25, 0.3) is 11.3 Å². The summed E-state index contributed by atoms with van der Waals surface area (Å²) in [5, 5.41) is 0. The quantitative estimate of drug-likeness (QED) is 0.299. The summed E-state index contributed by atoms with van der Waals surface area (Å²) in [6.07, 6.45) is -3.15. The summed E-state index contributed by atoms with van der Waals surface area (Å²) in [5.74, 6) is -0.0509. The third-order valence-corrected chi connectivity index (χ3v) is 6.14. The number of hydrogen-bond donors (Lipinski definition) is 0. The third kappa shape index (κ3) is 5.59. The molecule has 1 amide bonds. The fraction of sp³-hybridized carbons (Fsp3) is 0.179. The number of halogens is 4. The molecule has 1 saturated heterocycles. The minimum Gasteiger partial charge on any atom is -0.457 e. The van der Waals surface area contributed by atoms with Crippen molar-refractivity contribution in [3.63, 3.8) is 0 Å². The van der Waals surface area contributed by atoms with Gasteiger partial charge in [-0.15, -0.1) is 0 Å². The van der Waals surface area contributed by atoms with Crippen molar-refractivity contribution >= 4 is 11.9 Å². The van der Waals surface area contributed by atoms with E-state index in [1.54, 1.807) is 12.3 Å². The number of piperazine rings is 1. The highest BCUT2D eigenvalue weighted by Crippen LogP contribution is 2.32. The number of hydrogen-bond acceptors (Lipinski definition) is 5. The van der Waals surface area contributed by atoms with Crippen LogP contribution < -0.4 is 9.64 Å². The molecule has 0 atom stereocenters. The van der Waals surface area contributed by atoms with Crippen molar-refractivity contribution in [1.29, 1.82) is 0 Å². The third-order valence-electron chi connectivity index (χ3n) is 6.14. The zero-order chi connectivity index (χ0) is 26.7. The van der Waals surface area contributed by atoms with Gasteiger partial charge >= 0.3 is 6.18 Å². The normalized spacial score (nSPS) is 13.9. The summed E-state index contributed by atoms with van der Waals surface area (Å²) in [5.41, 5.74) is 0.0864. The number of nitrogens with zero attached hydrogens (tertiary/aromatic N) is 4. The van der Waals surface area contributed by atoms with Crippen molar-refractivity contribution < 1.29 is 27.1 Å². The lowest BCUT2D eigenvalue weighted by Gasteiger charge is -2.35. The highest BCUT2D eigenvalue weighted by molar-refractivity contribution is 5.94. The maximum Gasteiger partial charge on any atom is 0.419 e. The Bertz CT molecular complexity index is 1420. The van der Waals surface area contributed by atoms with Crippen molar-refractivity contribution in [3.05, 3.63) is 102 Å². The Morgan fingerprint density at radius 2 is 1.53 bits per heavy atom. The molecule has 6 nitrogen and oxygen atoms in total. The lowest BCUT2D eigenvalue weighted by molar-refractivity contribution is -0.140. The molecule has 1 aliphatic rings. The minimum atomic E-state index is -4.82. The van der Waals surface area contributed by atoms with Gasteiger partial charge in [-0.3, -0.25) is 4.79 Å². The summed E-state index contributed by atoms with van der Waals surface area (Å²) in [6, 6.07) is 21.0. The number of carbonyl (C=O) groups excluding carboxylic acids is 1. The van der Waals surface area contributed by atoms with Gasteiger partial charge in [0.25, 0.3) is 5.91 Å². The number of amides is 1. The lowest BCUT2D eigenvalue weighted by atomic mass is 10.1. The van der Waals surface area contributed by atoms with E-state index in [0.29, 0.717) is 50.0 Å². The average molecular weight is 523 g/mol. The van der Waals surface area contributed by atoms with Crippen LogP contribution in [-0.4, -0.2) is 47.0 Å². The summed E-state index contributed by atoms with van der Waals surface area (Å²) in [4.78, 5) is 25.2. The van der Waals surface area contributed by atoms with Crippen LogP contribution in [0, 0.1) is 5.82 Å². The Morgan fingerprint density at radius 1 is 0.842 bits per heavy atom. The molecule has 0 unspecified atom stereocenters. The monoisotopic (exact) mass is 522 g/mol. The SMILES string of the molecule is O=C(c1ccc(C(F)(F)F)c(F)c1)N1CCN(c2nccc(-c3ccc(Oc4ccccc4)cc3)n2)CC1. The largest absolute Gasteiger partial charge is 0.457 e. The van der Waals surface area contributed by atoms with Crippen LogP contribution in [0.3, 0.4) is 0 Å². The van der Waals surface area contributed by atoms with Gasteiger partial charge in [-0.1, -0.05) is 18.2 Å². The molecule has 194 valence electrons. The van der Waals surface area contributed by atoms with Crippen molar-refractivity contribution in [2.75, 3.05) is 31.1 Å². The maximum absolute atomic E-state index is 13.9. The first-order valence-electron chi connectivity index (χ1n) is 11.9. The fourth-order valence-electron chi connectivity index (χ4n) is 4.15. The Balaban J connectivity index is 1.22. The van der Waals surface area contributed by atoms with E-state index in [1.165, 1.54) is 4.90 Å². The van der Waals surface area contributed by atoms with Gasteiger partial charge in [0.1, 0.15) is 17.3 Å². The molecule has 0 saturated carbocycles. The van der Waals surface area contributed by atoms with Gasteiger partial charge in [-0.05, 0) is 60.7 Å². The van der Waals surface area contributed by atoms with Crippen molar-refractivity contribution in [2.24, 2.45) is 0 Å². The molecule has 0 bridgehead atoms. The van der Waals surface area contributed by atoms with E-state index >= 15 is 0 Å². The van der Waals surface area contributed by atoms with E-state index in [0.717, 1.165) is 23.1 Å². The Hall–Kier alpha value is -4.47. The lowest BCUT2D eigenvalue weighted by Crippen LogP contribution is -2.49. The predicted octanol–water partition coefficient (Wildman–Crippen LogP) is 6.06. The zero-order valence-corrected chi connectivity index (χ0v) is 20.0. The molecule has 1 fully saturated rings. The van der Waals surface area contributed by atoms with Gasteiger partial charge in [0.2, 0.25) is 5.95 Å². The van der Waals surface area contributed by atoms with Gasteiger partial charge in [0.05, 0.1) is 11.3 Å². The smallest absolute Gasteiger partial charge is 0.419 e. The molecule has 4 aromatic rings. The molecule has 38 heavy (non-hydrogen) atoms. The number of rotatable bonds is 5. The number of para-hydroxylation sites is 1. The number of carbonyl (C=O) groups is 1. The van der Waals surface area contributed by atoms with Crippen LogP contribution in [0.4, 0.5) is 23.5 Å². The molecule has 0 aliphatic carbocycles.